The molecule has 0 bridgehead atoms. The van der Waals surface area contributed by atoms with E-state index < -0.39 is 0 Å². The fourth-order valence-corrected chi connectivity index (χ4v) is 2.22. The van der Waals surface area contributed by atoms with E-state index in [4.69, 9.17) is 21.1 Å². The summed E-state index contributed by atoms with van der Waals surface area (Å²) in [6.07, 6.45) is 0. The van der Waals surface area contributed by atoms with Crippen LogP contribution in [0.4, 0.5) is 5.69 Å². The molecule has 2 rings (SSSR count). The third-order valence-corrected chi connectivity index (χ3v) is 3.36. The van der Waals surface area contributed by atoms with Crippen LogP contribution in [0.2, 0.25) is 5.02 Å². The van der Waals surface area contributed by atoms with Crippen LogP contribution < -0.4 is 14.8 Å². The van der Waals surface area contributed by atoms with E-state index in [1.165, 1.54) is 0 Å². The first kappa shape index (κ1) is 15.2. The molecule has 2 aromatic carbocycles. The number of nitrogens with one attached hydrogen (secondary N) is 1. The van der Waals surface area contributed by atoms with Crippen LogP contribution in [0.25, 0.3) is 0 Å². The molecule has 0 heterocycles. The topological polar surface area (TPSA) is 47.6 Å². The first-order valence-corrected chi connectivity index (χ1v) is 6.72. The Kier molecular flexibility index (Phi) is 4.70. The van der Waals surface area contributed by atoms with E-state index in [2.05, 4.69) is 5.32 Å². The summed E-state index contributed by atoms with van der Waals surface area (Å²) >= 11 is 6.03. The number of ether oxygens (including phenoxy) is 2. The minimum atomic E-state index is -0.206. The predicted molar refractivity (Wildman–Crippen MR) is 83.7 cm³/mol. The molecule has 0 radical (unpaired) electrons. The van der Waals surface area contributed by atoms with Crippen molar-refractivity contribution in [1.82, 2.24) is 0 Å². The average Bonchev–Trinajstić information content (AvgIpc) is 2.47. The van der Waals surface area contributed by atoms with Crippen molar-refractivity contribution in [1.29, 1.82) is 0 Å². The number of hydrogen-bond acceptors (Lipinski definition) is 3. The van der Waals surface area contributed by atoms with Crippen molar-refractivity contribution in [2.75, 3.05) is 19.5 Å². The molecule has 0 aliphatic carbocycles. The lowest BCUT2D eigenvalue weighted by Gasteiger charge is -2.10. The van der Waals surface area contributed by atoms with Gasteiger partial charge in [0.05, 0.1) is 19.2 Å². The van der Waals surface area contributed by atoms with Gasteiger partial charge in [-0.05, 0) is 48.9 Å². The van der Waals surface area contributed by atoms with Gasteiger partial charge in [-0.1, -0.05) is 11.6 Å². The van der Waals surface area contributed by atoms with Gasteiger partial charge >= 0.3 is 0 Å². The second-order valence-electron chi connectivity index (χ2n) is 4.49. The summed E-state index contributed by atoms with van der Waals surface area (Å²) in [5, 5.41) is 3.24. The number of hydrogen-bond donors (Lipinski definition) is 1. The van der Waals surface area contributed by atoms with Crippen molar-refractivity contribution in [2.45, 2.75) is 6.92 Å². The molecule has 0 aromatic heterocycles. The Morgan fingerprint density at radius 1 is 1.05 bits per heavy atom. The zero-order valence-electron chi connectivity index (χ0n) is 12.1. The lowest BCUT2D eigenvalue weighted by atomic mass is 10.1. The Morgan fingerprint density at radius 2 is 1.71 bits per heavy atom. The highest BCUT2D eigenvalue weighted by Gasteiger charge is 2.10. The van der Waals surface area contributed by atoms with E-state index >= 15 is 0 Å². The molecular formula is C16H16ClNO3. The van der Waals surface area contributed by atoms with Crippen LogP contribution in [0.15, 0.2) is 36.4 Å². The normalized spacial score (nSPS) is 10.1. The van der Waals surface area contributed by atoms with E-state index in [-0.39, 0.29) is 5.91 Å². The molecule has 110 valence electrons. The highest BCUT2D eigenvalue weighted by molar-refractivity contribution is 6.32. The number of amides is 1. The molecular weight excluding hydrogens is 290 g/mol. The van der Waals surface area contributed by atoms with Gasteiger partial charge < -0.3 is 14.8 Å². The maximum Gasteiger partial charge on any atom is 0.255 e. The van der Waals surface area contributed by atoms with Crippen LogP contribution >= 0.6 is 11.6 Å². The van der Waals surface area contributed by atoms with Gasteiger partial charge in [0.15, 0.2) is 0 Å². The monoisotopic (exact) mass is 305 g/mol. The molecule has 1 amide bonds. The zero-order valence-corrected chi connectivity index (χ0v) is 12.8. The maximum atomic E-state index is 12.2. The number of methoxy groups -OCH3 is 2. The standard InChI is InChI=1S/C16H16ClNO3/c1-10-8-11(4-6-14(10)20-2)16(19)18-12-5-7-15(21-3)13(17)9-12/h4-9H,1-3H3,(H,18,19). The van der Waals surface area contributed by atoms with Crippen LogP contribution in [0, 0.1) is 6.92 Å². The second-order valence-corrected chi connectivity index (χ2v) is 4.90. The molecule has 0 saturated heterocycles. The Morgan fingerprint density at radius 3 is 2.29 bits per heavy atom. The summed E-state index contributed by atoms with van der Waals surface area (Å²) in [5.41, 5.74) is 2.07. The van der Waals surface area contributed by atoms with Gasteiger partial charge in [-0.2, -0.15) is 0 Å². The molecule has 4 nitrogen and oxygen atoms in total. The molecule has 0 aliphatic heterocycles. The van der Waals surface area contributed by atoms with E-state index in [0.29, 0.717) is 22.0 Å². The SMILES string of the molecule is COc1ccc(C(=O)Nc2ccc(OC)c(Cl)c2)cc1C. The third-order valence-electron chi connectivity index (χ3n) is 3.07. The molecule has 0 spiro atoms. The van der Waals surface area contributed by atoms with Gasteiger partial charge in [-0.3, -0.25) is 4.79 Å². The Labute approximate surface area is 128 Å². The van der Waals surface area contributed by atoms with Gasteiger partial charge in [-0.15, -0.1) is 0 Å². The highest BCUT2D eigenvalue weighted by atomic mass is 35.5. The number of halogens is 1. The number of rotatable bonds is 4. The number of benzene rings is 2. The van der Waals surface area contributed by atoms with Crippen LogP contribution in [0.3, 0.4) is 0 Å². The summed E-state index contributed by atoms with van der Waals surface area (Å²) in [6.45, 7) is 1.89. The van der Waals surface area contributed by atoms with Gasteiger partial charge in [0, 0.05) is 11.3 Å². The average molecular weight is 306 g/mol. The number of carbonyl (C=O) groups is 1. The molecule has 0 fully saturated rings. The lowest BCUT2D eigenvalue weighted by molar-refractivity contribution is 0.102. The molecule has 0 atom stereocenters. The first-order valence-electron chi connectivity index (χ1n) is 6.34. The smallest absolute Gasteiger partial charge is 0.255 e. The summed E-state index contributed by atoms with van der Waals surface area (Å²) in [4.78, 5) is 12.2. The molecule has 0 aliphatic rings. The van der Waals surface area contributed by atoms with E-state index in [1.54, 1.807) is 50.6 Å². The second kappa shape index (κ2) is 6.50. The highest BCUT2D eigenvalue weighted by Crippen LogP contribution is 2.27. The van der Waals surface area contributed by atoms with E-state index in [9.17, 15) is 4.79 Å². The Hall–Kier alpha value is -2.20. The predicted octanol–water partition coefficient (Wildman–Crippen LogP) is 3.92. The van der Waals surface area contributed by atoms with Crippen molar-refractivity contribution in [2.24, 2.45) is 0 Å². The van der Waals surface area contributed by atoms with Crippen LogP contribution in [-0.4, -0.2) is 20.1 Å². The van der Waals surface area contributed by atoms with Crippen molar-refractivity contribution in [3.8, 4) is 11.5 Å². The van der Waals surface area contributed by atoms with Gasteiger partial charge in [0.25, 0.3) is 5.91 Å². The van der Waals surface area contributed by atoms with Crippen molar-refractivity contribution >= 4 is 23.2 Å². The summed E-state index contributed by atoms with van der Waals surface area (Å²) in [7, 11) is 3.14. The lowest BCUT2D eigenvalue weighted by Crippen LogP contribution is -2.12. The number of aryl methyl sites for hydroxylation is 1. The fourth-order valence-electron chi connectivity index (χ4n) is 1.97. The van der Waals surface area contributed by atoms with E-state index in [0.717, 1.165) is 11.3 Å². The zero-order chi connectivity index (χ0) is 15.4. The van der Waals surface area contributed by atoms with Crippen molar-refractivity contribution < 1.29 is 14.3 Å². The van der Waals surface area contributed by atoms with Crippen molar-refractivity contribution in [3.63, 3.8) is 0 Å². The summed E-state index contributed by atoms with van der Waals surface area (Å²) in [5.74, 6) is 1.11. The number of carbonyl (C=O) groups excluding carboxylic acids is 1. The van der Waals surface area contributed by atoms with Crippen LogP contribution in [-0.2, 0) is 0 Å². The molecule has 0 saturated carbocycles. The van der Waals surface area contributed by atoms with Gasteiger partial charge in [0.2, 0.25) is 0 Å². The van der Waals surface area contributed by atoms with E-state index in [1.807, 2.05) is 6.92 Å². The van der Waals surface area contributed by atoms with Crippen LogP contribution in [0.5, 0.6) is 11.5 Å². The molecule has 21 heavy (non-hydrogen) atoms. The Balaban J connectivity index is 2.18. The first-order chi connectivity index (χ1) is 10.0. The minimum absolute atomic E-state index is 0.206. The minimum Gasteiger partial charge on any atom is -0.496 e. The molecule has 0 unspecified atom stereocenters. The number of anilines is 1. The largest absolute Gasteiger partial charge is 0.496 e. The molecule has 1 N–H and O–H groups in total. The van der Waals surface area contributed by atoms with Crippen molar-refractivity contribution in [3.05, 3.63) is 52.5 Å². The van der Waals surface area contributed by atoms with Gasteiger partial charge in [-0.25, -0.2) is 0 Å². The summed E-state index contributed by atoms with van der Waals surface area (Å²) < 4.78 is 10.2. The quantitative estimate of drug-likeness (QED) is 0.931. The fraction of sp³-hybridized carbons (Fsp3) is 0.188. The van der Waals surface area contributed by atoms with Gasteiger partial charge in [0.1, 0.15) is 11.5 Å². The Bertz CT molecular complexity index is 671. The summed E-state index contributed by atoms with van der Waals surface area (Å²) in [6, 6.07) is 10.3. The third kappa shape index (κ3) is 3.47. The maximum absolute atomic E-state index is 12.2. The molecule has 5 heteroatoms. The van der Waals surface area contributed by atoms with Crippen LogP contribution in [0.1, 0.15) is 15.9 Å². The molecule has 2 aromatic rings.